The van der Waals surface area contributed by atoms with Gasteiger partial charge in [0.05, 0.1) is 35.0 Å². The third-order valence-corrected chi connectivity index (χ3v) is 6.54. The summed E-state index contributed by atoms with van der Waals surface area (Å²) in [6.45, 7) is 4.54. The van der Waals surface area contributed by atoms with E-state index in [0.717, 1.165) is 58.9 Å². The Morgan fingerprint density at radius 3 is 2.83 bits per heavy atom. The molecule has 3 aromatic carbocycles. The van der Waals surface area contributed by atoms with Gasteiger partial charge in [0.25, 0.3) is 0 Å². The van der Waals surface area contributed by atoms with Crippen LogP contribution >= 0.6 is 11.6 Å². The van der Waals surface area contributed by atoms with Crippen LogP contribution in [0.25, 0.3) is 33.6 Å². The number of rotatable bonds is 5. The van der Waals surface area contributed by atoms with E-state index in [1.807, 2.05) is 66.9 Å². The molecule has 0 amide bonds. The third-order valence-electron chi connectivity index (χ3n) is 6.21. The first-order chi connectivity index (χ1) is 17.1. The summed E-state index contributed by atoms with van der Waals surface area (Å²) in [6.07, 6.45) is 2.03. The molecule has 1 saturated heterocycles. The van der Waals surface area contributed by atoms with Gasteiger partial charge in [0.2, 0.25) is 0 Å². The molecule has 35 heavy (non-hydrogen) atoms. The third kappa shape index (κ3) is 4.36. The number of benzene rings is 3. The average Bonchev–Trinajstić information content (AvgIpc) is 3.53. The molecule has 0 bridgehead atoms. The van der Waals surface area contributed by atoms with E-state index in [4.69, 9.17) is 20.9 Å². The smallest absolute Gasteiger partial charge is 0.181 e. The summed E-state index contributed by atoms with van der Waals surface area (Å²) >= 11 is 6.53. The zero-order chi connectivity index (χ0) is 23.8. The van der Waals surface area contributed by atoms with E-state index in [1.165, 1.54) is 0 Å². The van der Waals surface area contributed by atoms with Crippen LogP contribution in [-0.4, -0.2) is 40.9 Å². The van der Waals surface area contributed by atoms with E-state index < -0.39 is 0 Å². The number of anilines is 3. The number of H-pyrrole nitrogens is 1. The Hall–Kier alpha value is -3.81. The van der Waals surface area contributed by atoms with Crippen molar-refractivity contribution in [3.63, 3.8) is 0 Å². The number of hydrogen-bond acceptors (Lipinski definition) is 6. The van der Waals surface area contributed by atoms with Gasteiger partial charge in [-0.25, -0.2) is 4.98 Å². The van der Waals surface area contributed by atoms with Crippen LogP contribution in [0.4, 0.5) is 17.2 Å². The minimum absolute atomic E-state index is 0.212. The second-order valence-electron chi connectivity index (χ2n) is 8.67. The van der Waals surface area contributed by atoms with Crippen LogP contribution in [0.5, 0.6) is 0 Å². The van der Waals surface area contributed by atoms with Gasteiger partial charge < -0.3 is 24.5 Å². The molecule has 3 heterocycles. The molecule has 1 fully saturated rings. The molecular weight excluding hydrogens is 462 g/mol. The number of aromatic amines is 1. The van der Waals surface area contributed by atoms with E-state index in [1.54, 1.807) is 0 Å². The summed E-state index contributed by atoms with van der Waals surface area (Å²) in [5, 5.41) is 9.17. The van der Waals surface area contributed by atoms with Crippen LogP contribution in [0.2, 0.25) is 5.02 Å². The monoisotopic (exact) mass is 485 g/mol. The highest BCUT2D eigenvalue weighted by atomic mass is 35.5. The van der Waals surface area contributed by atoms with Crippen LogP contribution in [0.3, 0.4) is 0 Å². The zero-order valence-electron chi connectivity index (χ0n) is 19.2. The van der Waals surface area contributed by atoms with Gasteiger partial charge >= 0.3 is 0 Å². The van der Waals surface area contributed by atoms with Crippen LogP contribution in [-0.2, 0) is 4.74 Å². The van der Waals surface area contributed by atoms with Crippen molar-refractivity contribution in [3.8, 4) is 22.6 Å². The molecule has 1 aliphatic heterocycles. The van der Waals surface area contributed by atoms with Crippen molar-refractivity contribution < 1.29 is 9.26 Å². The molecule has 8 heteroatoms. The Labute approximate surface area is 207 Å². The first-order valence-electron chi connectivity index (χ1n) is 11.6. The van der Waals surface area contributed by atoms with Gasteiger partial charge in [-0.2, -0.15) is 0 Å². The van der Waals surface area contributed by atoms with Crippen molar-refractivity contribution >= 4 is 39.8 Å². The maximum Gasteiger partial charge on any atom is 0.181 e. The molecule has 1 aliphatic rings. The van der Waals surface area contributed by atoms with Gasteiger partial charge in [-0.3, -0.25) is 0 Å². The Kier molecular flexibility index (Phi) is 5.64. The van der Waals surface area contributed by atoms with Crippen molar-refractivity contribution in [3.05, 3.63) is 77.9 Å². The predicted octanol–water partition coefficient (Wildman–Crippen LogP) is 6.51. The van der Waals surface area contributed by atoms with E-state index in [9.17, 15) is 0 Å². The Morgan fingerprint density at radius 1 is 1.09 bits per heavy atom. The number of fused-ring (bicyclic) bond motifs is 1. The van der Waals surface area contributed by atoms with E-state index in [0.29, 0.717) is 16.7 Å². The maximum absolute atomic E-state index is 6.53. The number of halogens is 1. The minimum atomic E-state index is 0.212. The van der Waals surface area contributed by atoms with Gasteiger partial charge in [-0.05, 0) is 42.8 Å². The molecule has 1 unspecified atom stereocenters. The topological polar surface area (TPSA) is 79.2 Å². The summed E-state index contributed by atoms with van der Waals surface area (Å²) in [5.41, 5.74) is 5.48. The van der Waals surface area contributed by atoms with Crippen LogP contribution in [0.15, 0.2) is 77.4 Å². The molecule has 0 radical (unpaired) electrons. The molecule has 7 nitrogen and oxygen atoms in total. The summed E-state index contributed by atoms with van der Waals surface area (Å²) in [7, 11) is 0. The van der Waals surface area contributed by atoms with Crippen LogP contribution in [0, 0.1) is 0 Å². The van der Waals surface area contributed by atoms with Crippen molar-refractivity contribution in [1.29, 1.82) is 0 Å². The number of aromatic nitrogens is 3. The first kappa shape index (κ1) is 21.7. The standard InChI is InChI=1S/C27H24ClN5O2/c1-17-16-33(11-12-34-17)20-8-9-21-25(14-20)35-32-27(21)30-19-7-10-23(28)22(13-19)26-29-15-24(31-26)18-5-3-2-4-6-18/h2-10,13-15,17H,11-12,16H2,1H3,(H,29,31)(H,30,32). The number of ether oxygens (including phenoxy) is 1. The number of nitrogens with one attached hydrogen (secondary N) is 2. The van der Waals surface area contributed by atoms with Crippen molar-refractivity contribution in [1.82, 2.24) is 15.1 Å². The molecule has 176 valence electrons. The SMILES string of the molecule is CC1CN(c2ccc3c(Nc4ccc(Cl)c(-c5ncc(-c6ccccc6)[nH]5)c4)noc3c2)CCO1. The van der Waals surface area contributed by atoms with Gasteiger partial charge in [0.15, 0.2) is 11.4 Å². The molecule has 0 saturated carbocycles. The molecule has 1 atom stereocenters. The predicted molar refractivity (Wildman–Crippen MR) is 139 cm³/mol. The number of morpholine rings is 1. The number of nitrogens with zero attached hydrogens (tertiary/aromatic N) is 3. The van der Waals surface area contributed by atoms with E-state index in [2.05, 4.69) is 38.3 Å². The summed E-state index contributed by atoms with van der Waals surface area (Å²) in [6, 6.07) is 22.0. The van der Waals surface area contributed by atoms with E-state index in [-0.39, 0.29) is 6.10 Å². The van der Waals surface area contributed by atoms with E-state index >= 15 is 0 Å². The second kappa shape index (κ2) is 9.09. The van der Waals surface area contributed by atoms with Crippen molar-refractivity contribution in [2.75, 3.05) is 29.9 Å². The molecule has 0 spiro atoms. The lowest BCUT2D eigenvalue weighted by molar-refractivity contribution is 0.0532. The lowest BCUT2D eigenvalue weighted by Crippen LogP contribution is -2.41. The largest absolute Gasteiger partial charge is 0.375 e. The minimum Gasteiger partial charge on any atom is -0.375 e. The highest BCUT2D eigenvalue weighted by molar-refractivity contribution is 6.33. The van der Waals surface area contributed by atoms with Crippen molar-refractivity contribution in [2.45, 2.75) is 13.0 Å². The molecule has 5 aromatic rings. The Balaban J connectivity index is 1.26. The fourth-order valence-electron chi connectivity index (χ4n) is 4.41. The van der Waals surface area contributed by atoms with Crippen molar-refractivity contribution in [2.24, 2.45) is 0 Å². The quantitative estimate of drug-likeness (QED) is 0.295. The maximum atomic E-state index is 6.53. The highest BCUT2D eigenvalue weighted by Gasteiger charge is 2.19. The Morgan fingerprint density at radius 2 is 1.97 bits per heavy atom. The highest BCUT2D eigenvalue weighted by Crippen LogP contribution is 2.34. The lowest BCUT2D eigenvalue weighted by atomic mass is 10.1. The van der Waals surface area contributed by atoms with Gasteiger partial charge in [-0.15, -0.1) is 0 Å². The zero-order valence-corrected chi connectivity index (χ0v) is 19.9. The Bertz CT molecular complexity index is 1480. The molecule has 2 N–H and O–H groups in total. The van der Waals surface area contributed by atoms with Crippen LogP contribution in [0.1, 0.15) is 6.92 Å². The fraction of sp³-hybridized carbons (Fsp3) is 0.185. The van der Waals surface area contributed by atoms with Gasteiger partial charge in [0.1, 0.15) is 5.82 Å². The van der Waals surface area contributed by atoms with Gasteiger partial charge in [0, 0.05) is 36.1 Å². The number of hydrogen-bond donors (Lipinski definition) is 2. The summed E-state index contributed by atoms with van der Waals surface area (Å²) in [4.78, 5) is 10.2. The van der Waals surface area contributed by atoms with Gasteiger partial charge in [-0.1, -0.05) is 47.1 Å². The summed E-state index contributed by atoms with van der Waals surface area (Å²) in [5.74, 6) is 1.35. The lowest BCUT2D eigenvalue weighted by Gasteiger charge is -2.32. The van der Waals surface area contributed by atoms with Crippen LogP contribution < -0.4 is 10.2 Å². The normalized spacial score (nSPS) is 16.1. The number of imidazole rings is 1. The molecule has 2 aromatic heterocycles. The molecule has 6 rings (SSSR count). The fourth-order valence-corrected chi connectivity index (χ4v) is 4.62. The summed E-state index contributed by atoms with van der Waals surface area (Å²) < 4.78 is 11.3. The second-order valence-corrected chi connectivity index (χ2v) is 9.08. The molecular formula is C27H24ClN5O2. The first-order valence-corrected chi connectivity index (χ1v) is 12.0. The average molecular weight is 486 g/mol. The molecule has 0 aliphatic carbocycles.